The smallest absolute Gasteiger partial charge is 0.269 e. The molecule has 8 nitrogen and oxygen atoms in total. The fraction of sp³-hybridized carbons (Fsp3) is 0.208. The number of thioether (sulfide) groups is 1. The molecule has 1 fully saturated rings. The van der Waals surface area contributed by atoms with Crippen LogP contribution in [0.3, 0.4) is 0 Å². The lowest BCUT2D eigenvalue weighted by Gasteiger charge is -2.36. The molecule has 0 atom stereocenters. The maximum absolute atomic E-state index is 12.9. The third kappa shape index (κ3) is 4.73. The van der Waals surface area contributed by atoms with Crippen molar-refractivity contribution in [2.24, 2.45) is 0 Å². The van der Waals surface area contributed by atoms with Crippen molar-refractivity contribution in [3.63, 3.8) is 0 Å². The van der Waals surface area contributed by atoms with Crippen LogP contribution in [0.2, 0.25) is 0 Å². The van der Waals surface area contributed by atoms with Gasteiger partial charge in [0.25, 0.3) is 5.69 Å². The molecule has 34 heavy (non-hydrogen) atoms. The number of rotatable bonds is 6. The lowest BCUT2D eigenvalue weighted by molar-refractivity contribution is -0.384. The SMILES string of the molecule is O=C(CSc1ncnc2sc(-c3ccccc3)cc12)N1CCN(c2ccc([N+](=O)[O-])cc2)CC1. The first-order valence-corrected chi connectivity index (χ1v) is 12.6. The van der Waals surface area contributed by atoms with Crippen LogP contribution in [0.15, 0.2) is 72.0 Å². The quantitative estimate of drug-likeness (QED) is 0.167. The van der Waals surface area contributed by atoms with Gasteiger partial charge in [-0.1, -0.05) is 42.1 Å². The highest BCUT2D eigenvalue weighted by atomic mass is 32.2. The Hall–Kier alpha value is -3.50. The Morgan fingerprint density at radius 3 is 2.47 bits per heavy atom. The summed E-state index contributed by atoms with van der Waals surface area (Å²) in [6.07, 6.45) is 1.56. The summed E-state index contributed by atoms with van der Waals surface area (Å²) in [6.45, 7) is 2.62. The van der Waals surface area contributed by atoms with Crippen molar-refractivity contribution in [2.75, 3.05) is 36.8 Å². The van der Waals surface area contributed by atoms with E-state index in [4.69, 9.17) is 0 Å². The Morgan fingerprint density at radius 1 is 1.03 bits per heavy atom. The first-order chi connectivity index (χ1) is 16.6. The minimum absolute atomic E-state index is 0.0786. The van der Waals surface area contributed by atoms with E-state index in [0.717, 1.165) is 31.4 Å². The van der Waals surface area contributed by atoms with E-state index in [9.17, 15) is 14.9 Å². The number of amides is 1. The monoisotopic (exact) mass is 491 g/mol. The fourth-order valence-electron chi connectivity index (χ4n) is 3.91. The van der Waals surface area contributed by atoms with Crippen LogP contribution in [-0.2, 0) is 4.79 Å². The molecule has 0 radical (unpaired) electrons. The Morgan fingerprint density at radius 2 is 1.76 bits per heavy atom. The molecule has 3 heterocycles. The normalized spacial score (nSPS) is 13.9. The maximum Gasteiger partial charge on any atom is 0.269 e. The van der Waals surface area contributed by atoms with E-state index in [0.29, 0.717) is 31.9 Å². The number of piperazine rings is 1. The number of nitro groups is 1. The molecule has 0 N–H and O–H groups in total. The van der Waals surface area contributed by atoms with Gasteiger partial charge in [0.15, 0.2) is 0 Å². The largest absolute Gasteiger partial charge is 0.368 e. The number of nitro benzene ring substituents is 1. The number of anilines is 1. The fourth-order valence-corrected chi connectivity index (χ4v) is 5.86. The zero-order valence-corrected chi connectivity index (χ0v) is 19.8. The molecule has 2 aromatic carbocycles. The van der Waals surface area contributed by atoms with E-state index in [1.165, 1.54) is 23.9 Å². The highest BCUT2D eigenvalue weighted by molar-refractivity contribution is 8.00. The topological polar surface area (TPSA) is 92.5 Å². The second kappa shape index (κ2) is 9.78. The Bertz CT molecular complexity index is 1320. The minimum Gasteiger partial charge on any atom is -0.368 e. The predicted molar refractivity (Wildman–Crippen MR) is 135 cm³/mol. The highest BCUT2D eigenvalue weighted by Crippen LogP contribution is 2.36. The van der Waals surface area contributed by atoms with E-state index in [-0.39, 0.29) is 11.6 Å². The Kier molecular flexibility index (Phi) is 6.41. The number of non-ortho nitro benzene ring substituents is 1. The first kappa shape index (κ1) is 22.3. The average Bonchev–Trinajstić information content (AvgIpc) is 3.33. The summed E-state index contributed by atoms with van der Waals surface area (Å²) in [5, 5.41) is 12.6. The molecule has 1 aliphatic rings. The van der Waals surface area contributed by atoms with Crippen molar-refractivity contribution in [3.05, 3.63) is 77.1 Å². The van der Waals surface area contributed by atoms with Gasteiger partial charge in [-0.25, -0.2) is 9.97 Å². The van der Waals surface area contributed by atoms with Crippen molar-refractivity contribution in [1.29, 1.82) is 0 Å². The summed E-state index contributed by atoms with van der Waals surface area (Å²) in [6, 6.07) is 18.8. The molecule has 5 rings (SSSR count). The van der Waals surface area contributed by atoms with Crippen LogP contribution in [0.25, 0.3) is 20.7 Å². The Labute approximate surface area is 204 Å². The average molecular weight is 492 g/mol. The molecular weight excluding hydrogens is 470 g/mol. The number of fused-ring (bicyclic) bond motifs is 1. The van der Waals surface area contributed by atoms with Crippen LogP contribution >= 0.6 is 23.1 Å². The number of hydrogen-bond acceptors (Lipinski definition) is 8. The van der Waals surface area contributed by atoms with Crippen LogP contribution in [-0.4, -0.2) is 57.6 Å². The number of hydrogen-bond donors (Lipinski definition) is 0. The number of nitrogens with zero attached hydrogens (tertiary/aromatic N) is 5. The third-order valence-corrected chi connectivity index (χ3v) is 7.82. The number of aromatic nitrogens is 2. The lowest BCUT2D eigenvalue weighted by atomic mass is 10.2. The van der Waals surface area contributed by atoms with Crippen LogP contribution in [0, 0.1) is 10.1 Å². The van der Waals surface area contributed by atoms with Gasteiger partial charge in [-0.05, 0) is 23.8 Å². The molecule has 0 unspecified atom stereocenters. The summed E-state index contributed by atoms with van der Waals surface area (Å²) >= 11 is 3.07. The van der Waals surface area contributed by atoms with Crippen LogP contribution in [0.1, 0.15) is 0 Å². The molecule has 4 aromatic rings. The summed E-state index contributed by atoms with van der Waals surface area (Å²) in [4.78, 5) is 38.2. The number of carbonyl (C=O) groups is 1. The molecular formula is C24H21N5O3S2. The van der Waals surface area contributed by atoms with Gasteiger partial charge in [-0.2, -0.15) is 0 Å². The molecule has 0 saturated carbocycles. The van der Waals surface area contributed by atoms with Gasteiger partial charge in [0, 0.05) is 54.3 Å². The van der Waals surface area contributed by atoms with E-state index >= 15 is 0 Å². The second-order valence-electron chi connectivity index (χ2n) is 7.80. The van der Waals surface area contributed by atoms with Gasteiger partial charge in [-0.3, -0.25) is 14.9 Å². The van der Waals surface area contributed by atoms with E-state index < -0.39 is 4.92 Å². The van der Waals surface area contributed by atoms with Crippen LogP contribution in [0.4, 0.5) is 11.4 Å². The molecule has 0 aliphatic carbocycles. The van der Waals surface area contributed by atoms with Gasteiger partial charge < -0.3 is 9.80 Å². The summed E-state index contributed by atoms with van der Waals surface area (Å²) in [7, 11) is 0. The van der Waals surface area contributed by atoms with Crippen LogP contribution in [0.5, 0.6) is 0 Å². The zero-order valence-electron chi connectivity index (χ0n) is 18.2. The first-order valence-electron chi connectivity index (χ1n) is 10.8. The van der Waals surface area contributed by atoms with Crippen LogP contribution < -0.4 is 4.90 Å². The lowest BCUT2D eigenvalue weighted by Crippen LogP contribution is -2.49. The molecule has 10 heteroatoms. The summed E-state index contributed by atoms with van der Waals surface area (Å²) in [5.41, 5.74) is 2.15. The van der Waals surface area contributed by atoms with Crippen molar-refractivity contribution < 1.29 is 9.72 Å². The Balaban J connectivity index is 1.20. The van der Waals surface area contributed by atoms with E-state index in [1.54, 1.807) is 29.8 Å². The standard InChI is InChI=1S/C24H21N5O3S2/c30-22(28-12-10-27(11-13-28)18-6-8-19(9-7-18)29(31)32)15-33-23-20-14-21(17-4-2-1-3-5-17)34-24(20)26-16-25-23/h1-9,14,16H,10-13,15H2. The van der Waals surface area contributed by atoms with Gasteiger partial charge in [-0.15, -0.1) is 11.3 Å². The van der Waals surface area contributed by atoms with Crippen molar-refractivity contribution in [1.82, 2.24) is 14.9 Å². The molecule has 2 aromatic heterocycles. The van der Waals surface area contributed by atoms with Gasteiger partial charge in [0.1, 0.15) is 16.2 Å². The second-order valence-corrected chi connectivity index (χ2v) is 9.80. The molecule has 0 spiro atoms. The molecule has 0 bridgehead atoms. The summed E-state index contributed by atoms with van der Waals surface area (Å²) in [5.74, 6) is 0.402. The third-order valence-electron chi connectivity index (χ3n) is 5.74. The van der Waals surface area contributed by atoms with Gasteiger partial charge in [0.05, 0.1) is 10.7 Å². The molecule has 1 amide bonds. The molecule has 1 saturated heterocycles. The minimum atomic E-state index is -0.401. The number of carbonyl (C=O) groups excluding carboxylic acids is 1. The van der Waals surface area contributed by atoms with E-state index in [1.807, 2.05) is 23.1 Å². The molecule has 172 valence electrons. The summed E-state index contributed by atoms with van der Waals surface area (Å²) < 4.78 is 0. The van der Waals surface area contributed by atoms with Gasteiger partial charge >= 0.3 is 0 Å². The number of benzene rings is 2. The van der Waals surface area contributed by atoms with E-state index in [2.05, 4.69) is 33.1 Å². The van der Waals surface area contributed by atoms with Gasteiger partial charge in [0.2, 0.25) is 5.91 Å². The molecule has 1 aliphatic heterocycles. The highest BCUT2D eigenvalue weighted by Gasteiger charge is 2.22. The predicted octanol–water partition coefficient (Wildman–Crippen LogP) is 4.71. The number of thiophene rings is 1. The zero-order chi connectivity index (χ0) is 23.5. The van der Waals surface area contributed by atoms with Crippen molar-refractivity contribution in [2.45, 2.75) is 5.03 Å². The van der Waals surface area contributed by atoms with Crippen molar-refractivity contribution in [3.8, 4) is 10.4 Å². The maximum atomic E-state index is 12.9. The van der Waals surface area contributed by atoms with Crippen molar-refractivity contribution >= 4 is 50.6 Å².